The molecule has 1 atom stereocenters. The van der Waals surface area contributed by atoms with Gasteiger partial charge < -0.3 is 15.3 Å². The van der Waals surface area contributed by atoms with Crippen molar-refractivity contribution in [2.75, 3.05) is 37.8 Å². The molecule has 2 aromatic rings. The summed E-state index contributed by atoms with van der Waals surface area (Å²) in [4.78, 5) is 29.2. The van der Waals surface area contributed by atoms with Gasteiger partial charge in [0.2, 0.25) is 10.0 Å². The van der Waals surface area contributed by atoms with Gasteiger partial charge in [0.25, 0.3) is 11.8 Å². The molecule has 0 unspecified atom stereocenters. The third kappa shape index (κ3) is 6.56. The van der Waals surface area contributed by atoms with Gasteiger partial charge in [-0.15, -0.1) is 0 Å². The van der Waals surface area contributed by atoms with Gasteiger partial charge in [-0.2, -0.15) is 0 Å². The van der Waals surface area contributed by atoms with Gasteiger partial charge in [-0.3, -0.25) is 14.5 Å². The van der Waals surface area contributed by atoms with E-state index in [1.807, 2.05) is 4.72 Å². The average Bonchev–Trinajstić information content (AvgIpc) is 2.79. The summed E-state index contributed by atoms with van der Waals surface area (Å²) >= 11 is 12.2. The number of anilines is 1. The summed E-state index contributed by atoms with van der Waals surface area (Å²) in [5.74, 6) is -1.09. The smallest absolute Gasteiger partial charge is 0.266 e. The van der Waals surface area contributed by atoms with Crippen molar-refractivity contribution in [1.82, 2.24) is 14.5 Å². The molecule has 2 aliphatic heterocycles. The number of nitrogens with one attached hydrogen (secondary N) is 2. The van der Waals surface area contributed by atoms with Crippen LogP contribution in [0.1, 0.15) is 35.7 Å². The maximum Gasteiger partial charge on any atom is 0.266 e. The maximum atomic E-state index is 13.1. The van der Waals surface area contributed by atoms with E-state index in [1.165, 1.54) is 13.0 Å². The van der Waals surface area contributed by atoms with E-state index in [1.54, 1.807) is 41.3 Å². The highest BCUT2D eigenvalue weighted by Crippen LogP contribution is 2.30. The van der Waals surface area contributed by atoms with Gasteiger partial charge in [0.05, 0.1) is 22.9 Å². The molecule has 0 aromatic heterocycles. The normalized spacial score (nSPS) is 19.1. The first kappa shape index (κ1) is 27.7. The topological polar surface area (TPSA) is 119 Å². The minimum absolute atomic E-state index is 0.0866. The fraction of sp³-hybridized carbons (Fsp3) is 0.440. The molecule has 2 aliphatic rings. The molecule has 9 nitrogen and oxygen atoms in total. The van der Waals surface area contributed by atoms with Crippen LogP contribution in [-0.2, 0) is 20.4 Å². The van der Waals surface area contributed by atoms with Crippen molar-refractivity contribution >= 4 is 50.7 Å². The second-order valence-corrected chi connectivity index (χ2v) is 12.4. The number of carbonyl (C=O) groups is 2. The molecule has 2 saturated heterocycles. The third-order valence-corrected chi connectivity index (χ3v) is 7.95. The number of hydrogen-bond acceptors (Lipinski definition) is 7. The molecule has 200 valence electrons. The molecule has 2 heterocycles. The molecule has 37 heavy (non-hydrogen) atoms. The lowest BCUT2D eigenvalue weighted by Crippen LogP contribution is -2.61. The van der Waals surface area contributed by atoms with Gasteiger partial charge in [0, 0.05) is 42.9 Å². The Labute approximate surface area is 226 Å². The molecule has 12 heteroatoms. The molecule has 0 saturated carbocycles. The molecular weight excluding hydrogens is 539 g/mol. The lowest BCUT2D eigenvalue weighted by Gasteiger charge is -2.48. The van der Waals surface area contributed by atoms with E-state index in [-0.39, 0.29) is 22.5 Å². The SMILES string of the molecule is C[C@@](O)(C(=O)N1CCC(N2CC(Nc3ccc(C(=O)NS(C)(=O)=O)c(Cl)c3)C2)CC1)c1cccc(Cl)c1. The number of halogens is 2. The van der Waals surface area contributed by atoms with Crippen LogP contribution in [0.3, 0.4) is 0 Å². The summed E-state index contributed by atoms with van der Waals surface area (Å²) in [5, 5.41) is 14.9. The molecule has 0 radical (unpaired) electrons. The number of nitrogens with zero attached hydrogens (tertiary/aromatic N) is 2. The Morgan fingerprint density at radius 3 is 2.35 bits per heavy atom. The number of amides is 2. The van der Waals surface area contributed by atoms with Crippen LogP contribution in [-0.4, -0.2) is 79.7 Å². The molecule has 4 rings (SSSR count). The molecular formula is C25H30Cl2N4O5S. The van der Waals surface area contributed by atoms with Crippen LogP contribution < -0.4 is 10.0 Å². The number of carbonyl (C=O) groups excluding carboxylic acids is 2. The Morgan fingerprint density at radius 2 is 1.76 bits per heavy atom. The van der Waals surface area contributed by atoms with E-state index in [9.17, 15) is 23.1 Å². The number of rotatable bonds is 7. The average molecular weight is 570 g/mol. The Hall–Kier alpha value is -2.37. The summed E-state index contributed by atoms with van der Waals surface area (Å²) in [5.41, 5.74) is -0.322. The first-order valence-corrected chi connectivity index (χ1v) is 14.6. The van der Waals surface area contributed by atoms with Gasteiger partial charge in [-0.1, -0.05) is 35.3 Å². The maximum absolute atomic E-state index is 13.1. The summed E-state index contributed by atoms with van der Waals surface area (Å²) in [6, 6.07) is 12.1. The standard InChI is InChI=1S/C25H30Cl2N4O5S/c1-25(34,16-4-3-5-17(26)12-16)24(33)30-10-8-20(9-11-30)31-14-19(15-31)28-18-6-7-21(22(27)13-18)23(32)29-37(2,35)36/h3-7,12-13,19-20,28,34H,8-11,14-15H2,1-2H3,(H,29,32)/t25-/m0/s1. The van der Waals surface area contributed by atoms with Crippen LogP contribution in [0.2, 0.25) is 10.0 Å². The van der Waals surface area contributed by atoms with Crippen LogP contribution in [0.5, 0.6) is 0 Å². The third-order valence-electron chi connectivity index (χ3n) is 6.84. The van der Waals surface area contributed by atoms with Crippen molar-refractivity contribution in [1.29, 1.82) is 0 Å². The predicted octanol–water partition coefficient (Wildman–Crippen LogP) is 2.68. The van der Waals surface area contributed by atoms with Crippen molar-refractivity contribution in [3.8, 4) is 0 Å². The van der Waals surface area contributed by atoms with Crippen LogP contribution in [0.4, 0.5) is 5.69 Å². The van der Waals surface area contributed by atoms with Crippen molar-refractivity contribution in [3.63, 3.8) is 0 Å². The van der Waals surface area contributed by atoms with E-state index < -0.39 is 21.5 Å². The summed E-state index contributed by atoms with van der Waals surface area (Å²) < 4.78 is 24.5. The number of likely N-dealkylation sites (tertiary alicyclic amines) is 2. The molecule has 3 N–H and O–H groups in total. The highest BCUT2D eigenvalue weighted by Gasteiger charge is 2.40. The quantitative estimate of drug-likeness (QED) is 0.469. The number of piperidine rings is 1. The van der Waals surface area contributed by atoms with Crippen molar-refractivity contribution < 1.29 is 23.1 Å². The fourth-order valence-electron chi connectivity index (χ4n) is 4.81. The predicted molar refractivity (Wildman–Crippen MR) is 143 cm³/mol. The zero-order valence-corrected chi connectivity index (χ0v) is 22.9. The van der Waals surface area contributed by atoms with Crippen LogP contribution in [0.25, 0.3) is 0 Å². The summed E-state index contributed by atoms with van der Waals surface area (Å²) in [7, 11) is -3.68. The number of hydrogen-bond donors (Lipinski definition) is 3. The zero-order valence-electron chi connectivity index (χ0n) is 20.6. The lowest BCUT2D eigenvalue weighted by molar-refractivity contribution is -0.152. The Morgan fingerprint density at radius 1 is 1.08 bits per heavy atom. The minimum Gasteiger partial charge on any atom is -0.380 e. The number of aliphatic hydroxyl groups is 1. The van der Waals surface area contributed by atoms with Crippen LogP contribution in [0, 0.1) is 0 Å². The molecule has 0 aliphatic carbocycles. The molecule has 2 fully saturated rings. The zero-order chi connectivity index (χ0) is 27.0. The first-order chi connectivity index (χ1) is 17.3. The molecule has 0 spiro atoms. The van der Waals surface area contributed by atoms with E-state index in [2.05, 4.69) is 10.2 Å². The Kier molecular flexibility index (Phi) is 8.06. The van der Waals surface area contributed by atoms with E-state index >= 15 is 0 Å². The lowest BCUT2D eigenvalue weighted by atomic mass is 9.92. The monoisotopic (exact) mass is 568 g/mol. The summed E-state index contributed by atoms with van der Waals surface area (Å²) in [6.45, 7) is 4.30. The Balaban J connectivity index is 1.25. The van der Waals surface area contributed by atoms with E-state index in [4.69, 9.17) is 23.2 Å². The van der Waals surface area contributed by atoms with Crippen LogP contribution in [0.15, 0.2) is 42.5 Å². The highest BCUT2D eigenvalue weighted by molar-refractivity contribution is 7.89. The fourth-order valence-corrected chi connectivity index (χ4v) is 5.71. The van der Waals surface area contributed by atoms with Gasteiger partial charge in [0.1, 0.15) is 0 Å². The van der Waals surface area contributed by atoms with Gasteiger partial charge in [-0.25, -0.2) is 13.1 Å². The van der Waals surface area contributed by atoms with Gasteiger partial charge in [-0.05, 0) is 55.7 Å². The molecule has 2 amide bonds. The first-order valence-electron chi connectivity index (χ1n) is 11.9. The second kappa shape index (κ2) is 10.8. The molecule has 0 bridgehead atoms. The van der Waals surface area contributed by atoms with E-state index in [0.29, 0.717) is 29.7 Å². The van der Waals surface area contributed by atoms with Crippen molar-refractivity contribution in [3.05, 3.63) is 63.6 Å². The van der Waals surface area contributed by atoms with Crippen molar-refractivity contribution in [2.24, 2.45) is 0 Å². The second-order valence-electron chi connectivity index (χ2n) is 9.80. The minimum atomic E-state index is -3.68. The van der Waals surface area contributed by atoms with E-state index in [0.717, 1.165) is 37.9 Å². The number of sulfonamides is 1. The summed E-state index contributed by atoms with van der Waals surface area (Å²) in [6.07, 6.45) is 2.55. The van der Waals surface area contributed by atoms with Gasteiger partial charge in [0.15, 0.2) is 5.60 Å². The molecule has 2 aromatic carbocycles. The Bertz CT molecular complexity index is 1290. The largest absolute Gasteiger partial charge is 0.380 e. The van der Waals surface area contributed by atoms with Gasteiger partial charge >= 0.3 is 0 Å². The van der Waals surface area contributed by atoms with Crippen LogP contribution >= 0.6 is 23.2 Å². The van der Waals surface area contributed by atoms with Crippen molar-refractivity contribution in [2.45, 2.75) is 37.5 Å². The number of benzene rings is 2. The highest BCUT2D eigenvalue weighted by atomic mass is 35.5.